The van der Waals surface area contributed by atoms with Crippen LogP contribution in [0.4, 0.5) is 0 Å². The maximum atomic E-state index is 4.84. The normalized spacial score (nSPS) is 20.4. The molecule has 96 valence electrons. The summed E-state index contributed by atoms with van der Waals surface area (Å²) in [5.74, 6) is 3.56. The van der Waals surface area contributed by atoms with Crippen molar-refractivity contribution in [3.63, 3.8) is 0 Å². The number of benzene rings is 1. The molecule has 1 aliphatic heterocycles. The van der Waals surface area contributed by atoms with E-state index in [0.29, 0.717) is 6.04 Å². The first-order valence-corrected chi connectivity index (χ1v) is 7.82. The van der Waals surface area contributed by atoms with Crippen molar-refractivity contribution in [2.45, 2.75) is 25.9 Å². The number of rotatable bonds is 3. The first-order chi connectivity index (χ1) is 8.90. The summed E-state index contributed by atoms with van der Waals surface area (Å²) >= 11 is 2.02. The second-order valence-electron chi connectivity index (χ2n) is 4.69. The lowest BCUT2D eigenvalue weighted by Crippen LogP contribution is -2.32. The second kappa shape index (κ2) is 5.33. The maximum absolute atomic E-state index is 4.84. The number of thioether (sulfide) groups is 1. The Labute approximate surface area is 112 Å². The largest absolute Gasteiger partial charge is 0.327 e. The van der Waals surface area contributed by atoms with Crippen molar-refractivity contribution in [1.82, 2.24) is 14.9 Å². The highest BCUT2D eigenvalue weighted by molar-refractivity contribution is 7.99. The Kier molecular flexibility index (Phi) is 3.57. The Morgan fingerprint density at radius 3 is 3.11 bits per heavy atom. The molecule has 0 spiro atoms. The van der Waals surface area contributed by atoms with Crippen LogP contribution in [0.15, 0.2) is 24.3 Å². The third-order valence-corrected chi connectivity index (χ3v) is 4.43. The van der Waals surface area contributed by atoms with Crippen LogP contribution in [0.1, 0.15) is 25.2 Å². The van der Waals surface area contributed by atoms with Gasteiger partial charge in [0.15, 0.2) is 0 Å². The van der Waals surface area contributed by atoms with Crippen molar-refractivity contribution in [2.75, 3.05) is 18.1 Å². The molecule has 1 atom stereocenters. The molecule has 0 saturated carbocycles. The van der Waals surface area contributed by atoms with Gasteiger partial charge in [0.25, 0.3) is 0 Å². The van der Waals surface area contributed by atoms with Crippen LogP contribution in [0, 0.1) is 0 Å². The minimum Gasteiger partial charge on any atom is -0.327 e. The van der Waals surface area contributed by atoms with E-state index in [2.05, 4.69) is 41.1 Å². The van der Waals surface area contributed by atoms with Crippen molar-refractivity contribution in [1.29, 1.82) is 0 Å². The molecule has 0 aliphatic carbocycles. The van der Waals surface area contributed by atoms with E-state index in [9.17, 15) is 0 Å². The lowest BCUT2D eigenvalue weighted by molar-refractivity contribution is 0.526. The first-order valence-electron chi connectivity index (χ1n) is 6.66. The Balaban J connectivity index is 2.05. The molecular formula is C14H19N3S. The van der Waals surface area contributed by atoms with Gasteiger partial charge in [0.2, 0.25) is 0 Å². The summed E-state index contributed by atoms with van der Waals surface area (Å²) in [4.78, 5) is 4.84. The molecule has 0 amide bonds. The van der Waals surface area contributed by atoms with Gasteiger partial charge in [0.1, 0.15) is 5.82 Å². The fraction of sp³-hybridized carbons (Fsp3) is 0.500. The number of hydrogen-bond donors (Lipinski definition) is 1. The van der Waals surface area contributed by atoms with Gasteiger partial charge < -0.3 is 9.88 Å². The zero-order valence-electron chi connectivity index (χ0n) is 10.7. The van der Waals surface area contributed by atoms with Gasteiger partial charge in [-0.3, -0.25) is 0 Å². The summed E-state index contributed by atoms with van der Waals surface area (Å²) in [5, 5.41) is 3.59. The van der Waals surface area contributed by atoms with E-state index in [1.54, 1.807) is 0 Å². The zero-order valence-corrected chi connectivity index (χ0v) is 11.5. The van der Waals surface area contributed by atoms with Gasteiger partial charge in [-0.2, -0.15) is 11.8 Å². The van der Waals surface area contributed by atoms with Crippen LogP contribution in [-0.4, -0.2) is 27.6 Å². The molecule has 1 aromatic carbocycles. The number of fused-ring (bicyclic) bond motifs is 1. The highest BCUT2D eigenvalue weighted by Gasteiger charge is 2.21. The highest BCUT2D eigenvalue weighted by atomic mass is 32.2. The molecule has 4 heteroatoms. The molecule has 1 saturated heterocycles. The van der Waals surface area contributed by atoms with E-state index in [0.717, 1.165) is 30.8 Å². The summed E-state index contributed by atoms with van der Waals surface area (Å²) in [6.45, 7) is 4.37. The van der Waals surface area contributed by atoms with Crippen LogP contribution >= 0.6 is 11.8 Å². The SMILES string of the molecule is CCCn1c(C2CSCCN2)nc2ccccc21. The molecule has 0 radical (unpaired) electrons. The van der Waals surface area contributed by atoms with Crippen LogP contribution in [0.5, 0.6) is 0 Å². The van der Waals surface area contributed by atoms with Crippen LogP contribution in [0.2, 0.25) is 0 Å². The van der Waals surface area contributed by atoms with Crippen molar-refractivity contribution in [3.05, 3.63) is 30.1 Å². The number of imidazole rings is 1. The summed E-state index contributed by atoms with van der Waals surface area (Å²) in [6.07, 6.45) is 1.15. The van der Waals surface area contributed by atoms with Crippen molar-refractivity contribution in [2.24, 2.45) is 0 Å². The zero-order chi connectivity index (χ0) is 12.4. The van der Waals surface area contributed by atoms with E-state index < -0.39 is 0 Å². The molecule has 3 nitrogen and oxygen atoms in total. The third kappa shape index (κ3) is 2.15. The predicted octanol–water partition coefficient (Wildman–Crippen LogP) is 2.82. The lowest BCUT2D eigenvalue weighted by Gasteiger charge is -2.23. The van der Waals surface area contributed by atoms with E-state index >= 15 is 0 Å². The van der Waals surface area contributed by atoms with Gasteiger partial charge in [0, 0.05) is 24.6 Å². The van der Waals surface area contributed by atoms with E-state index in [1.165, 1.54) is 17.1 Å². The summed E-state index contributed by atoms with van der Waals surface area (Å²) < 4.78 is 2.39. The molecule has 1 N–H and O–H groups in total. The second-order valence-corrected chi connectivity index (χ2v) is 5.84. The molecular weight excluding hydrogens is 242 g/mol. The highest BCUT2D eigenvalue weighted by Crippen LogP contribution is 2.25. The predicted molar refractivity (Wildman–Crippen MR) is 78.1 cm³/mol. The number of hydrogen-bond acceptors (Lipinski definition) is 3. The third-order valence-electron chi connectivity index (χ3n) is 3.36. The molecule has 1 aliphatic rings. The number of para-hydroxylation sites is 2. The molecule has 1 unspecified atom stereocenters. The topological polar surface area (TPSA) is 29.9 Å². The minimum atomic E-state index is 0.405. The molecule has 2 heterocycles. The number of nitrogens with one attached hydrogen (secondary N) is 1. The fourth-order valence-corrected chi connectivity index (χ4v) is 3.48. The Bertz CT molecular complexity index is 529. The van der Waals surface area contributed by atoms with Gasteiger partial charge >= 0.3 is 0 Å². The number of nitrogens with zero attached hydrogens (tertiary/aromatic N) is 2. The van der Waals surface area contributed by atoms with Gasteiger partial charge in [-0.25, -0.2) is 4.98 Å². The first kappa shape index (κ1) is 12.1. The number of aryl methyl sites for hydroxylation is 1. The van der Waals surface area contributed by atoms with E-state index in [4.69, 9.17) is 4.98 Å². The summed E-state index contributed by atoms with van der Waals surface area (Å²) in [7, 11) is 0. The Morgan fingerprint density at radius 1 is 1.44 bits per heavy atom. The van der Waals surface area contributed by atoms with Crippen LogP contribution in [0.3, 0.4) is 0 Å². The van der Waals surface area contributed by atoms with Gasteiger partial charge in [-0.15, -0.1) is 0 Å². The van der Waals surface area contributed by atoms with Gasteiger partial charge in [0.05, 0.1) is 17.1 Å². The van der Waals surface area contributed by atoms with Crippen molar-refractivity contribution in [3.8, 4) is 0 Å². The maximum Gasteiger partial charge on any atom is 0.127 e. The minimum absolute atomic E-state index is 0.405. The average molecular weight is 261 g/mol. The molecule has 0 bridgehead atoms. The van der Waals surface area contributed by atoms with Crippen LogP contribution in [0.25, 0.3) is 11.0 Å². The summed E-state index contributed by atoms with van der Waals surface area (Å²) in [5.41, 5.74) is 2.39. The monoisotopic (exact) mass is 261 g/mol. The standard InChI is InChI=1S/C14H19N3S/c1-2-8-17-13-6-4-3-5-11(13)16-14(17)12-10-18-9-7-15-12/h3-6,12,15H,2,7-10H2,1H3. The molecule has 2 aromatic rings. The Morgan fingerprint density at radius 2 is 2.33 bits per heavy atom. The van der Waals surface area contributed by atoms with Gasteiger partial charge in [-0.1, -0.05) is 19.1 Å². The summed E-state index contributed by atoms with van der Waals surface area (Å²) in [6, 6.07) is 8.86. The van der Waals surface area contributed by atoms with Crippen molar-refractivity contribution >= 4 is 22.8 Å². The lowest BCUT2D eigenvalue weighted by atomic mass is 10.3. The fourth-order valence-electron chi connectivity index (χ4n) is 2.55. The average Bonchev–Trinajstić information content (AvgIpc) is 2.80. The van der Waals surface area contributed by atoms with Crippen LogP contribution in [-0.2, 0) is 6.54 Å². The molecule has 1 aromatic heterocycles. The quantitative estimate of drug-likeness (QED) is 0.921. The number of aromatic nitrogens is 2. The van der Waals surface area contributed by atoms with Crippen molar-refractivity contribution < 1.29 is 0 Å². The van der Waals surface area contributed by atoms with E-state index in [1.807, 2.05) is 11.8 Å². The molecule has 1 fully saturated rings. The molecule has 3 rings (SSSR count). The Hall–Kier alpha value is -1.00. The smallest absolute Gasteiger partial charge is 0.127 e. The van der Waals surface area contributed by atoms with E-state index in [-0.39, 0.29) is 0 Å². The van der Waals surface area contributed by atoms with Crippen LogP contribution < -0.4 is 5.32 Å². The van der Waals surface area contributed by atoms with Gasteiger partial charge in [-0.05, 0) is 18.6 Å². The molecule has 18 heavy (non-hydrogen) atoms.